The molecule has 0 fully saturated rings. The lowest BCUT2D eigenvalue weighted by atomic mass is 9.73. The van der Waals surface area contributed by atoms with Gasteiger partial charge in [-0.05, 0) is 89.4 Å². The van der Waals surface area contributed by atoms with Crippen molar-refractivity contribution in [2.24, 2.45) is 29.6 Å². The minimum atomic E-state index is -0.224. The van der Waals surface area contributed by atoms with Gasteiger partial charge in [0.1, 0.15) is 0 Å². The van der Waals surface area contributed by atoms with Gasteiger partial charge in [-0.2, -0.15) is 0 Å². The Kier molecular flexibility index (Phi) is 25.1. The van der Waals surface area contributed by atoms with Crippen LogP contribution in [-0.4, -0.2) is 24.3 Å². The van der Waals surface area contributed by atoms with Gasteiger partial charge in [-0.25, -0.2) is 0 Å². The molecule has 39 heavy (non-hydrogen) atoms. The zero-order valence-electron chi connectivity index (χ0n) is 27.3. The first-order chi connectivity index (χ1) is 18.8. The number of hydrogen-bond donors (Lipinski definition) is 1. The molecule has 0 aliphatic rings. The molecule has 0 aromatic rings. The predicted molar refractivity (Wildman–Crippen MR) is 171 cm³/mol. The van der Waals surface area contributed by atoms with E-state index < -0.39 is 0 Å². The van der Waals surface area contributed by atoms with Crippen molar-refractivity contribution in [3.8, 4) is 0 Å². The highest BCUT2D eigenvalue weighted by molar-refractivity contribution is 5.73. The van der Waals surface area contributed by atoms with Crippen LogP contribution in [0.3, 0.4) is 0 Å². The summed E-state index contributed by atoms with van der Waals surface area (Å²) < 4.78 is 5.86. The third-order valence-electron chi connectivity index (χ3n) is 8.61. The van der Waals surface area contributed by atoms with Crippen molar-refractivity contribution < 1.29 is 14.6 Å². The predicted octanol–water partition coefficient (Wildman–Crippen LogP) is 10.9. The van der Waals surface area contributed by atoms with Crippen LogP contribution < -0.4 is 0 Å². The SMILES string of the molecule is CC=CCCCCCOC(=O)C(C(C)CCCC(C)CCCCCCCCC)C(CO)C(C)CCC=C(C)C. The van der Waals surface area contributed by atoms with Crippen LogP contribution in [0.5, 0.6) is 0 Å². The molecule has 0 bridgehead atoms. The van der Waals surface area contributed by atoms with Crippen LogP contribution >= 0.6 is 0 Å². The van der Waals surface area contributed by atoms with Crippen molar-refractivity contribution in [2.45, 2.75) is 158 Å². The molecule has 0 aliphatic heterocycles. The highest BCUT2D eigenvalue weighted by Crippen LogP contribution is 2.34. The van der Waals surface area contributed by atoms with Gasteiger partial charge in [-0.1, -0.05) is 116 Å². The summed E-state index contributed by atoms with van der Waals surface area (Å²) in [6, 6.07) is 0. The summed E-state index contributed by atoms with van der Waals surface area (Å²) in [6.07, 6.45) is 27.1. The van der Waals surface area contributed by atoms with Gasteiger partial charge in [0.25, 0.3) is 0 Å². The standard InChI is InChI=1S/C36H68O3/c1-8-10-12-14-16-17-19-24-31(5)25-22-27-33(7)35(34(29-37)32(6)26-21-23-30(3)4)36(38)39-28-20-18-15-13-11-9-2/h9,11,23,31-35,37H,8,10,12-22,24-29H2,1-7H3. The molecule has 230 valence electrons. The maximum atomic E-state index is 13.4. The quantitative estimate of drug-likeness (QED) is 0.0664. The third-order valence-corrected chi connectivity index (χ3v) is 8.61. The number of hydrogen-bond acceptors (Lipinski definition) is 3. The molecule has 0 amide bonds. The van der Waals surface area contributed by atoms with Crippen molar-refractivity contribution in [1.82, 2.24) is 0 Å². The van der Waals surface area contributed by atoms with Gasteiger partial charge in [-0.15, -0.1) is 0 Å². The second kappa shape index (κ2) is 25.8. The molecule has 0 radical (unpaired) electrons. The number of ether oxygens (including phenoxy) is 1. The zero-order chi connectivity index (χ0) is 29.3. The normalized spacial score (nSPS) is 15.6. The van der Waals surface area contributed by atoms with Crippen LogP contribution in [0, 0.1) is 29.6 Å². The van der Waals surface area contributed by atoms with Crippen LogP contribution in [0.2, 0.25) is 0 Å². The monoisotopic (exact) mass is 549 g/mol. The van der Waals surface area contributed by atoms with E-state index in [1.165, 1.54) is 63.4 Å². The number of unbranched alkanes of at least 4 members (excludes halogenated alkanes) is 9. The average molecular weight is 549 g/mol. The van der Waals surface area contributed by atoms with Gasteiger partial charge < -0.3 is 9.84 Å². The van der Waals surface area contributed by atoms with Gasteiger partial charge in [0.2, 0.25) is 0 Å². The molecule has 3 nitrogen and oxygen atoms in total. The Balaban J connectivity index is 4.87. The van der Waals surface area contributed by atoms with Crippen molar-refractivity contribution in [3.63, 3.8) is 0 Å². The first-order valence-corrected chi connectivity index (χ1v) is 16.8. The summed E-state index contributed by atoms with van der Waals surface area (Å²) in [4.78, 5) is 13.4. The molecule has 0 heterocycles. The second-order valence-corrected chi connectivity index (χ2v) is 12.7. The Morgan fingerprint density at radius 1 is 0.769 bits per heavy atom. The summed E-state index contributed by atoms with van der Waals surface area (Å²) in [6.45, 7) is 16.0. The number of allylic oxidation sites excluding steroid dienone is 4. The summed E-state index contributed by atoms with van der Waals surface area (Å²) >= 11 is 0. The fraction of sp³-hybridized carbons (Fsp3) is 0.861. The van der Waals surface area contributed by atoms with Crippen LogP contribution in [0.1, 0.15) is 158 Å². The number of carbonyl (C=O) groups excluding carboxylic acids is 1. The van der Waals surface area contributed by atoms with Crippen molar-refractivity contribution >= 4 is 5.97 Å². The largest absolute Gasteiger partial charge is 0.465 e. The Labute approximate surface area is 244 Å². The van der Waals surface area contributed by atoms with E-state index in [2.05, 4.69) is 66.7 Å². The molecule has 0 saturated carbocycles. The van der Waals surface area contributed by atoms with E-state index in [-0.39, 0.29) is 36.2 Å². The van der Waals surface area contributed by atoms with Crippen LogP contribution in [0.4, 0.5) is 0 Å². The number of aliphatic hydroxyl groups is 1. The van der Waals surface area contributed by atoms with Crippen LogP contribution in [-0.2, 0) is 9.53 Å². The fourth-order valence-corrected chi connectivity index (χ4v) is 5.86. The molecule has 0 aromatic heterocycles. The van der Waals surface area contributed by atoms with E-state index in [4.69, 9.17) is 4.74 Å². The van der Waals surface area contributed by atoms with E-state index in [1.807, 2.05) is 0 Å². The first kappa shape index (κ1) is 37.9. The van der Waals surface area contributed by atoms with E-state index in [0.29, 0.717) is 6.61 Å². The molecule has 0 aliphatic carbocycles. The van der Waals surface area contributed by atoms with Gasteiger partial charge >= 0.3 is 5.97 Å². The number of rotatable bonds is 26. The molecular weight excluding hydrogens is 480 g/mol. The highest BCUT2D eigenvalue weighted by atomic mass is 16.5. The lowest BCUT2D eigenvalue weighted by Gasteiger charge is -2.33. The third kappa shape index (κ3) is 20.4. The highest BCUT2D eigenvalue weighted by Gasteiger charge is 2.36. The van der Waals surface area contributed by atoms with E-state index in [0.717, 1.165) is 57.3 Å². The molecule has 1 N–H and O–H groups in total. The second-order valence-electron chi connectivity index (χ2n) is 12.7. The number of carbonyl (C=O) groups is 1. The Morgan fingerprint density at radius 3 is 2.05 bits per heavy atom. The van der Waals surface area contributed by atoms with Crippen LogP contribution in [0.15, 0.2) is 23.8 Å². The Morgan fingerprint density at radius 2 is 1.41 bits per heavy atom. The van der Waals surface area contributed by atoms with Gasteiger partial charge in [0.15, 0.2) is 0 Å². The number of esters is 1. The summed E-state index contributed by atoms with van der Waals surface area (Å²) in [5.41, 5.74) is 1.33. The molecule has 0 rings (SSSR count). The van der Waals surface area contributed by atoms with Gasteiger partial charge in [-0.3, -0.25) is 4.79 Å². The maximum absolute atomic E-state index is 13.4. The maximum Gasteiger partial charge on any atom is 0.309 e. The van der Waals surface area contributed by atoms with Crippen molar-refractivity contribution in [2.75, 3.05) is 13.2 Å². The summed E-state index contributed by atoms with van der Waals surface area (Å²) in [5.74, 6) is 0.900. The molecule has 5 unspecified atom stereocenters. The lowest BCUT2D eigenvalue weighted by molar-refractivity contribution is -0.155. The molecule has 0 aromatic carbocycles. The smallest absolute Gasteiger partial charge is 0.309 e. The minimum Gasteiger partial charge on any atom is -0.465 e. The van der Waals surface area contributed by atoms with Crippen molar-refractivity contribution in [1.29, 1.82) is 0 Å². The van der Waals surface area contributed by atoms with Crippen molar-refractivity contribution in [3.05, 3.63) is 23.8 Å². The molecule has 5 atom stereocenters. The first-order valence-electron chi connectivity index (χ1n) is 16.8. The molecular formula is C36H68O3. The lowest BCUT2D eigenvalue weighted by Crippen LogP contribution is -2.37. The summed E-state index contributed by atoms with van der Waals surface area (Å²) in [5, 5.41) is 10.4. The van der Waals surface area contributed by atoms with E-state index >= 15 is 0 Å². The van der Waals surface area contributed by atoms with Gasteiger partial charge in [0, 0.05) is 6.61 Å². The Hall–Kier alpha value is -1.09. The molecule has 0 saturated heterocycles. The summed E-state index contributed by atoms with van der Waals surface area (Å²) in [7, 11) is 0. The van der Waals surface area contributed by atoms with E-state index in [1.54, 1.807) is 0 Å². The molecule has 0 spiro atoms. The minimum absolute atomic E-state index is 0.0436. The van der Waals surface area contributed by atoms with Gasteiger partial charge in [0.05, 0.1) is 12.5 Å². The van der Waals surface area contributed by atoms with E-state index in [9.17, 15) is 9.90 Å². The Bertz CT molecular complexity index is 619. The van der Waals surface area contributed by atoms with Crippen LogP contribution in [0.25, 0.3) is 0 Å². The fourth-order valence-electron chi connectivity index (χ4n) is 5.86. The topological polar surface area (TPSA) is 46.5 Å². The zero-order valence-corrected chi connectivity index (χ0v) is 27.3. The average Bonchev–Trinajstić information content (AvgIpc) is 2.90. The molecule has 3 heteroatoms. The number of aliphatic hydroxyl groups excluding tert-OH is 1.